The zero-order valence-electron chi connectivity index (χ0n) is 12.6. The van der Waals surface area contributed by atoms with E-state index < -0.39 is 0 Å². The van der Waals surface area contributed by atoms with Crippen molar-refractivity contribution in [2.24, 2.45) is 10.8 Å². The van der Waals surface area contributed by atoms with Crippen LogP contribution in [0.4, 0.5) is 0 Å². The third-order valence-electron chi connectivity index (χ3n) is 3.02. The second-order valence-electron chi connectivity index (χ2n) is 4.81. The fourth-order valence-corrected chi connectivity index (χ4v) is 1.92. The van der Waals surface area contributed by atoms with Gasteiger partial charge >= 0.3 is 0 Å². The molecule has 1 heterocycles. The summed E-state index contributed by atoms with van der Waals surface area (Å²) in [6.45, 7) is 2.79. The van der Waals surface area contributed by atoms with Crippen molar-refractivity contribution in [1.82, 2.24) is 9.99 Å². The van der Waals surface area contributed by atoms with Crippen LogP contribution in [0.3, 0.4) is 0 Å². The largest absolute Gasteiger partial charge is 0.491 e. The van der Waals surface area contributed by atoms with Crippen molar-refractivity contribution in [3.05, 3.63) is 48.3 Å². The van der Waals surface area contributed by atoms with Crippen LogP contribution in [0, 0.1) is 5.41 Å². The molecule has 0 saturated carbocycles. The highest BCUT2D eigenvalue weighted by Gasteiger charge is 2.07. The normalized spacial score (nSPS) is 10.8. The summed E-state index contributed by atoms with van der Waals surface area (Å²) < 4.78 is 7.79. The lowest BCUT2D eigenvalue weighted by molar-refractivity contribution is 0.309. The van der Waals surface area contributed by atoms with Gasteiger partial charge in [0, 0.05) is 11.9 Å². The van der Waals surface area contributed by atoms with E-state index in [4.69, 9.17) is 15.9 Å². The number of hydrogen-bond donors (Lipinski definition) is 3. The average Bonchev–Trinajstić information content (AvgIpc) is 2.91. The van der Waals surface area contributed by atoms with E-state index in [0.29, 0.717) is 6.61 Å². The van der Waals surface area contributed by atoms with Gasteiger partial charge in [-0.3, -0.25) is 5.41 Å². The molecule has 0 aliphatic rings. The van der Waals surface area contributed by atoms with Crippen molar-refractivity contribution in [2.45, 2.75) is 19.8 Å². The quantitative estimate of drug-likeness (QED) is 0.317. The predicted molar refractivity (Wildman–Crippen MR) is 88.8 cm³/mol. The summed E-state index contributed by atoms with van der Waals surface area (Å²) in [6.07, 6.45) is 7.54. The Hall–Kier alpha value is -2.76. The molecule has 22 heavy (non-hydrogen) atoms. The van der Waals surface area contributed by atoms with Crippen LogP contribution in [0.1, 0.15) is 25.3 Å². The van der Waals surface area contributed by atoms with Gasteiger partial charge in [-0.2, -0.15) is 5.10 Å². The number of nitrogens with one attached hydrogen (secondary N) is 2. The highest BCUT2D eigenvalue weighted by molar-refractivity contribution is 5.85. The molecule has 0 fully saturated rings. The van der Waals surface area contributed by atoms with Gasteiger partial charge in [0.05, 0.1) is 24.6 Å². The first-order chi connectivity index (χ1) is 10.7. The second-order valence-corrected chi connectivity index (χ2v) is 4.81. The molecule has 2 rings (SSSR count). The molecule has 2 aromatic rings. The number of nitrogens with zero attached hydrogens (tertiary/aromatic N) is 2. The number of para-hydroxylation sites is 1. The van der Waals surface area contributed by atoms with E-state index in [2.05, 4.69) is 17.5 Å². The number of ether oxygens (including phenoxy) is 1. The van der Waals surface area contributed by atoms with Gasteiger partial charge in [-0.05, 0) is 18.6 Å². The standard InChI is InChI=1S/C16H21N5O/c1-2-3-9-22-15-12-21(14-7-5-4-6-8-14)11-13(15)10-19-20-16(17)18/h4-8,10-12H,2-3,9H2,1H3,(H4,17,18,20). The van der Waals surface area contributed by atoms with E-state index in [9.17, 15) is 0 Å². The zero-order chi connectivity index (χ0) is 15.8. The maximum atomic E-state index is 7.11. The third kappa shape index (κ3) is 4.37. The molecule has 6 nitrogen and oxygen atoms in total. The van der Waals surface area contributed by atoms with Crippen molar-refractivity contribution in [3.63, 3.8) is 0 Å². The van der Waals surface area contributed by atoms with E-state index in [0.717, 1.165) is 29.8 Å². The summed E-state index contributed by atoms with van der Waals surface area (Å²) in [5.41, 5.74) is 9.49. The highest BCUT2D eigenvalue weighted by Crippen LogP contribution is 2.21. The molecule has 0 aliphatic heterocycles. The van der Waals surface area contributed by atoms with Crippen molar-refractivity contribution < 1.29 is 4.74 Å². The minimum absolute atomic E-state index is 0.202. The molecule has 0 amide bonds. The van der Waals surface area contributed by atoms with Gasteiger partial charge in [-0.15, -0.1) is 0 Å². The van der Waals surface area contributed by atoms with Crippen LogP contribution < -0.4 is 15.9 Å². The lowest BCUT2D eigenvalue weighted by Gasteiger charge is -2.04. The van der Waals surface area contributed by atoms with Crippen LogP contribution in [0.2, 0.25) is 0 Å². The first-order valence-corrected chi connectivity index (χ1v) is 7.24. The minimum Gasteiger partial charge on any atom is -0.491 e. The number of hydrogen-bond acceptors (Lipinski definition) is 3. The lowest BCUT2D eigenvalue weighted by atomic mass is 10.3. The Morgan fingerprint density at radius 1 is 1.36 bits per heavy atom. The Morgan fingerprint density at radius 3 is 2.82 bits per heavy atom. The minimum atomic E-state index is -0.202. The topological polar surface area (TPSA) is 88.4 Å². The van der Waals surface area contributed by atoms with E-state index in [1.54, 1.807) is 6.21 Å². The molecular formula is C16H21N5O. The molecule has 6 heteroatoms. The van der Waals surface area contributed by atoms with E-state index in [-0.39, 0.29) is 5.96 Å². The Labute approximate surface area is 130 Å². The Bertz CT molecular complexity index is 633. The SMILES string of the molecule is CCCCOc1cn(-c2ccccc2)cc1C=NNC(=N)N. The number of rotatable bonds is 7. The lowest BCUT2D eigenvalue weighted by Crippen LogP contribution is -2.25. The Kier molecular flexibility index (Phi) is 5.59. The summed E-state index contributed by atoms with van der Waals surface area (Å²) in [6, 6.07) is 9.98. The summed E-state index contributed by atoms with van der Waals surface area (Å²) in [4.78, 5) is 0. The van der Waals surface area contributed by atoms with Crippen LogP contribution in [0.25, 0.3) is 5.69 Å². The molecule has 4 N–H and O–H groups in total. The van der Waals surface area contributed by atoms with Crippen LogP contribution in [-0.2, 0) is 0 Å². The molecule has 0 bridgehead atoms. The van der Waals surface area contributed by atoms with Crippen molar-refractivity contribution in [2.75, 3.05) is 6.61 Å². The van der Waals surface area contributed by atoms with E-state index in [1.807, 2.05) is 47.3 Å². The molecule has 0 saturated heterocycles. The monoisotopic (exact) mass is 299 g/mol. The summed E-state index contributed by atoms with van der Waals surface area (Å²) in [7, 11) is 0. The number of benzene rings is 1. The summed E-state index contributed by atoms with van der Waals surface area (Å²) in [5.74, 6) is 0.554. The zero-order valence-corrected chi connectivity index (χ0v) is 12.6. The van der Waals surface area contributed by atoms with Crippen molar-refractivity contribution in [3.8, 4) is 11.4 Å². The summed E-state index contributed by atoms with van der Waals surface area (Å²) >= 11 is 0. The molecule has 0 unspecified atom stereocenters. The smallest absolute Gasteiger partial charge is 0.206 e. The van der Waals surface area contributed by atoms with Gasteiger partial charge < -0.3 is 15.0 Å². The molecule has 1 aromatic carbocycles. The van der Waals surface area contributed by atoms with Crippen LogP contribution in [-0.4, -0.2) is 23.3 Å². The fourth-order valence-electron chi connectivity index (χ4n) is 1.92. The molecule has 0 radical (unpaired) electrons. The Morgan fingerprint density at radius 2 is 2.14 bits per heavy atom. The van der Waals surface area contributed by atoms with Crippen LogP contribution in [0.5, 0.6) is 5.75 Å². The van der Waals surface area contributed by atoms with E-state index in [1.165, 1.54) is 0 Å². The Balaban J connectivity index is 2.22. The van der Waals surface area contributed by atoms with Gasteiger partial charge in [0.1, 0.15) is 5.75 Å². The first kappa shape index (κ1) is 15.6. The summed E-state index contributed by atoms with van der Waals surface area (Å²) in [5, 5.41) is 11.0. The maximum Gasteiger partial charge on any atom is 0.206 e. The molecule has 116 valence electrons. The van der Waals surface area contributed by atoms with Gasteiger partial charge in [0.2, 0.25) is 5.96 Å². The van der Waals surface area contributed by atoms with Crippen LogP contribution >= 0.6 is 0 Å². The van der Waals surface area contributed by atoms with Gasteiger partial charge in [-0.25, -0.2) is 5.43 Å². The van der Waals surface area contributed by atoms with Gasteiger partial charge in [0.15, 0.2) is 0 Å². The second kappa shape index (κ2) is 7.87. The molecule has 1 aromatic heterocycles. The van der Waals surface area contributed by atoms with Crippen LogP contribution in [0.15, 0.2) is 47.8 Å². The number of unbranched alkanes of at least 4 members (excludes halogenated alkanes) is 1. The predicted octanol–water partition coefficient (Wildman–Crippen LogP) is 2.47. The number of hydrazone groups is 1. The molecule has 0 atom stereocenters. The maximum absolute atomic E-state index is 7.11. The molecule has 0 spiro atoms. The van der Waals surface area contributed by atoms with E-state index >= 15 is 0 Å². The fraction of sp³-hybridized carbons (Fsp3) is 0.250. The number of aromatic nitrogens is 1. The highest BCUT2D eigenvalue weighted by atomic mass is 16.5. The van der Waals surface area contributed by atoms with Gasteiger partial charge in [-0.1, -0.05) is 31.5 Å². The van der Waals surface area contributed by atoms with Gasteiger partial charge in [0.25, 0.3) is 0 Å². The van der Waals surface area contributed by atoms with Crippen molar-refractivity contribution in [1.29, 1.82) is 5.41 Å². The number of guanidine groups is 1. The number of nitrogens with two attached hydrogens (primary N) is 1. The first-order valence-electron chi connectivity index (χ1n) is 7.24. The third-order valence-corrected chi connectivity index (χ3v) is 3.02. The average molecular weight is 299 g/mol. The molecule has 0 aliphatic carbocycles. The van der Waals surface area contributed by atoms with Crippen molar-refractivity contribution >= 4 is 12.2 Å². The molecular weight excluding hydrogens is 278 g/mol.